The first kappa shape index (κ1) is 39.1. The first-order valence-corrected chi connectivity index (χ1v) is 17.0. The van der Waals surface area contributed by atoms with Crippen LogP contribution in [0.2, 0.25) is 0 Å². The average Bonchev–Trinajstić information content (AvgIpc) is 3.06. The molecule has 2 aromatic rings. The number of carbonyl (C=O) groups is 6. The predicted molar refractivity (Wildman–Crippen MR) is 176 cm³/mol. The molecule has 0 amide bonds. The van der Waals surface area contributed by atoms with E-state index in [1.807, 2.05) is 6.08 Å². The van der Waals surface area contributed by atoms with Crippen molar-refractivity contribution >= 4 is 70.9 Å². The monoisotopic (exact) mass is 690 g/mol. The highest BCUT2D eigenvalue weighted by Crippen LogP contribution is 2.27. The van der Waals surface area contributed by atoms with Crippen LogP contribution in [0.15, 0.2) is 59.7 Å². The van der Waals surface area contributed by atoms with Gasteiger partial charge in [-0.25, -0.2) is 23.2 Å². The summed E-state index contributed by atoms with van der Waals surface area (Å²) in [6.45, 7) is 5.32. The lowest BCUT2D eigenvalue weighted by atomic mass is 9.94. The van der Waals surface area contributed by atoms with Crippen molar-refractivity contribution in [2.24, 2.45) is 5.92 Å². The minimum absolute atomic E-state index is 0.0941. The molecule has 0 bridgehead atoms. The zero-order chi connectivity index (χ0) is 34.8. The van der Waals surface area contributed by atoms with Gasteiger partial charge in [0.15, 0.2) is 11.6 Å². The summed E-state index contributed by atoms with van der Waals surface area (Å²) < 4.78 is 38.9. The van der Waals surface area contributed by atoms with Crippen molar-refractivity contribution < 1.29 is 51.8 Å². The third kappa shape index (κ3) is 13.7. The number of Topliss-reactive ketones (excluding diaryl/α,β-unsaturated/α-hetero) is 3. The summed E-state index contributed by atoms with van der Waals surface area (Å²) in [6.07, 6.45) is 4.10. The molecule has 0 aromatic heterocycles. The largest absolute Gasteiger partial charge is 0.460 e. The highest BCUT2D eigenvalue weighted by Gasteiger charge is 2.36. The van der Waals surface area contributed by atoms with Crippen LogP contribution in [-0.4, -0.2) is 78.1 Å². The van der Waals surface area contributed by atoms with Crippen molar-refractivity contribution in [3.8, 4) is 0 Å². The smallest absolute Gasteiger partial charge is 0.417 e. The summed E-state index contributed by atoms with van der Waals surface area (Å²) in [7, 11) is 0. The summed E-state index contributed by atoms with van der Waals surface area (Å²) in [6, 6.07) is 11.9. The molecule has 2 saturated heterocycles. The zero-order valence-corrected chi connectivity index (χ0v) is 27.9. The van der Waals surface area contributed by atoms with Gasteiger partial charge in [-0.3, -0.25) is 14.4 Å². The van der Waals surface area contributed by atoms with E-state index in [1.54, 1.807) is 62.9 Å². The minimum Gasteiger partial charge on any atom is -0.460 e. The Morgan fingerprint density at radius 3 is 1.62 bits per heavy atom. The van der Waals surface area contributed by atoms with E-state index in [9.17, 15) is 37.5 Å². The molecule has 4 rings (SSSR count). The lowest BCUT2D eigenvalue weighted by Crippen LogP contribution is -2.37. The number of ketones is 3. The molecular weight excluding hydrogens is 654 g/mol. The molecule has 2 aromatic carbocycles. The Labute approximate surface area is 280 Å². The SMILES string of the molecule is CCOC(=O)C(=O)C1CSC/C(=C\c2ccc(F)cc2)C1=O.CCOC(=O)C(=O)OCC.O=C1CCSC/C1=C\c1ccc(F)cc1. The number of thioether (sulfide) groups is 2. The van der Waals surface area contributed by atoms with Crippen molar-refractivity contribution in [3.63, 3.8) is 0 Å². The average molecular weight is 691 g/mol. The molecule has 0 saturated carbocycles. The van der Waals surface area contributed by atoms with Crippen LogP contribution in [0.25, 0.3) is 12.2 Å². The number of hydrogen-bond donors (Lipinski definition) is 0. The predicted octanol–water partition coefficient (Wildman–Crippen LogP) is 5.30. The summed E-state index contributed by atoms with van der Waals surface area (Å²) in [5, 5.41) is 0. The maximum Gasteiger partial charge on any atom is 0.417 e. The molecule has 2 fully saturated rings. The number of rotatable bonds is 7. The Hall–Kier alpha value is -4.10. The van der Waals surface area contributed by atoms with Gasteiger partial charge in [0.2, 0.25) is 0 Å². The second-order valence-corrected chi connectivity index (χ2v) is 11.8. The topological polar surface area (TPSA) is 130 Å². The fraction of sp³-hybridized carbons (Fsp3) is 0.353. The van der Waals surface area contributed by atoms with E-state index in [0.29, 0.717) is 23.3 Å². The third-order valence-corrected chi connectivity index (χ3v) is 8.29. The fourth-order valence-corrected chi connectivity index (χ4v) is 5.96. The number of hydrogen-bond acceptors (Lipinski definition) is 11. The Kier molecular flexibility index (Phi) is 17.4. The van der Waals surface area contributed by atoms with Gasteiger partial charge < -0.3 is 14.2 Å². The first-order chi connectivity index (χ1) is 22.5. The molecule has 2 heterocycles. The molecule has 0 spiro atoms. The number of benzene rings is 2. The van der Waals surface area contributed by atoms with Crippen molar-refractivity contribution in [3.05, 3.63) is 82.4 Å². The van der Waals surface area contributed by atoms with Crippen LogP contribution in [0.1, 0.15) is 38.3 Å². The standard InChI is InChI=1S/C16H15FO4S.C12H11FOS.C6H10O4/c1-2-21-16(20)15(19)13-9-22-8-11(14(13)18)7-10-3-5-12(17)6-4-10;13-11-3-1-9(2-4-11)7-10-8-15-6-5-12(10)14;1-3-9-5(7)6(8)10-4-2/h3-7,13H,2,8-9H2,1H3;1-4,7H,5-6,8H2;3-4H2,1-2H3/b11-7+;10-7+;. The molecular formula is C34H36F2O9S2. The molecule has 2 aliphatic rings. The molecule has 0 radical (unpaired) electrons. The van der Waals surface area contributed by atoms with Crippen LogP contribution < -0.4 is 0 Å². The fourth-order valence-electron chi connectivity index (χ4n) is 3.92. The number of carbonyl (C=O) groups excluding carboxylic acids is 6. The van der Waals surface area contributed by atoms with Crippen LogP contribution in [0.5, 0.6) is 0 Å². The van der Waals surface area contributed by atoms with Gasteiger partial charge in [0.05, 0.1) is 19.8 Å². The van der Waals surface area contributed by atoms with Gasteiger partial charge in [0.1, 0.15) is 17.6 Å². The second-order valence-electron chi connectivity index (χ2n) is 9.63. The van der Waals surface area contributed by atoms with E-state index in [-0.39, 0.29) is 48.8 Å². The maximum absolute atomic E-state index is 12.9. The zero-order valence-electron chi connectivity index (χ0n) is 26.3. The Morgan fingerprint density at radius 1 is 0.702 bits per heavy atom. The van der Waals surface area contributed by atoms with Gasteiger partial charge in [0.25, 0.3) is 5.78 Å². The summed E-state index contributed by atoms with van der Waals surface area (Å²) in [4.78, 5) is 68.2. The first-order valence-electron chi connectivity index (χ1n) is 14.7. The van der Waals surface area contributed by atoms with E-state index >= 15 is 0 Å². The number of halogens is 2. The van der Waals surface area contributed by atoms with Gasteiger partial charge >= 0.3 is 17.9 Å². The van der Waals surface area contributed by atoms with Gasteiger partial charge in [-0.05, 0) is 68.3 Å². The van der Waals surface area contributed by atoms with Crippen LogP contribution in [0.4, 0.5) is 8.78 Å². The maximum atomic E-state index is 12.9. The molecule has 1 atom stereocenters. The van der Waals surface area contributed by atoms with Crippen molar-refractivity contribution in [2.45, 2.75) is 27.2 Å². The molecule has 13 heteroatoms. The van der Waals surface area contributed by atoms with Crippen LogP contribution in [-0.2, 0) is 43.0 Å². The van der Waals surface area contributed by atoms with Crippen molar-refractivity contribution in [2.75, 3.05) is 42.8 Å². The molecule has 252 valence electrons. The molecule has 0 aliphatic carbocycles. The van der Waals surface area contributed by atoms with E-state index < -0.39 is 29.6 Å². The normalized spacial score (nSPS) is 17.4. The minimum atomic E-state index is -0.996. The highest BCUT2D eigenvalue weighted by atomic mass is 32.2. The molecule has 9 nitrogen and oxygen atoms in total. The molecule has 0 N–H and O–H groups in total. The number of esters is 3. The molecule has 1 unspecified atom stereocenters. The molecule has 2 aliphatic heterocycles. The molecule has 47 heavy (non-hydrogen) atoms. The third-order valence-electron chi connectivity index (χ3n) is 6.20. The number of ether oxygens (including phenoxy) is 3. The Morgan fingerprint density at radius 2 is 1.15 bits per heavy atom. The Balaban J connectivity index is 0.000000266. The lowest BCUT2D eigenvalue weighted by molar-refractivity contribution is -0.167. The quantitative estimate of drug-likeness (QED) is 0.123. The van der Waals surface area contributed by atoms with Gasteiger partial charge in [-0.2, -0.15) is 23.5 Å². The van der Waals surface area contributed by atoms with Crippen LogP contribution in [0, 0.1) is 17.6 Å². The van der Waals surface area contributed by atoms with Gasteiger partial charge in [-0.15, -0.1) is 0 Å². The van der Waals surface area contributed by atoms with E-state index in [2.05, 4.69) is 14.2 Å². The summed E-state index contributed by atoms with van der Waals surface area (Å²) >= 11 is 3.18. The van der Waals surface area contributed by atoms with E-state index in [0.717, 1.165) is 22.6 Å². The highest BCUT2D eigenvalue weighted by molar-refractivity contribution is 7.99. The van der Waals surface area contributed by atoms with Crippen LogP contribution in [0.3, 0.4) is 0 Å². The Bertz CT molecular complexity index is 1450. The van der Waals surface area contributed by atoms with E-state index in [1.165, 1.54) is 36.0 Å². The van der Waals surface area contributed by atoms with Crippen LogP contribution >= 0.6 is 23.5 Å². The second kappa shape index (κ2) is 20.9. The van der Waals surface area contributed by atoms with Gasteiger partial charge in [0, 0.05) is 40.6 Å². The van der Waals surface area contributed by atoms with Gasteiger partial charge in [-0.1, -0.05) is 24.3 Å². The lowest BCUT2D eigenvalue weighted by Gasteiger charge is -2.20. The summed E-state index contributed by atoms with van der Waals surface area (Å²) in [5.41, 5.74) is 2.86. The van der Waals surface area contributed by atoms with E-state index in [4.69, 9.17) is 0 Å². The van der Waals surface area contributed by atoms with Crippen molar-refractivity contribution in [1.82, 2.24) is 0 Å². The summed E-state index contributed by atoms with van der Waals surface area (Å²) in [5.74, 6) is -2.94. The van der Waals surface area contributed by atoms with Crippen molar-refractivity contribution in [1.29, 1.82) is 0 Å².